The van der Waals surface area contributed by atoms with Crippen LogP contribution in [0.3, 0.4) is 0 Å². The van der Waals surface area contributed by atoms with Crippen LogP contribution in [0.1, 0.15) is 6.92 Å². The van der Waals surface area contributed by atoms with Crippen LogP contribution in [-0.2, 0) is 21.8 Å². The molecule has 0 aliphatic heterocycles. The fourth-order valence-corrected chi connectivity index (χ4v) is 5.59. The molecule has 184 valence electrons. The lowest BCUT2D eigenvalue weighted by atomic mass is 9.99. The molecule has 8 nitrogen and oxygen atoms in total. The monoisotopic (exact) mass is 514 g/mol. The van der Waals surface area contributed by atoms with Gasteiger partial charge in [-0.25, -0.2) is 26.4 Å². The number of hydrogen-bond donors (Lipinski definition) is 0. The standard InChI is InChI=1S/C24H17F3N4O4S/c1-3-35-24(32)31(36(33,34)20-10-13(25)4-6-18(20)26)19-7-5-15-16-11-28-9-8-14(16)17-12-30(2)29-23(17)21(15)22(19)27/h4-12H,3H2,1-2H3. The van der Waals surface area contributed by atoms with E-state index in [-0.39, 0.29) is 21.8 Å². The second-order valence-electron chi connectivity index (χ2n) is 7.85. The molecule has 0 N–H and O–H groups in total. The van der Waals surface area contributed by atoms with Gasteiger partial charge in [0.1, 0.15) is 27.7 Å². The Morgan fingerprint density at radius 3 is 2.58 bits per heavy atom. The number of sulfonamides is 1. The minimum absolute atomic E-state index is 0.00859. The fraction of sp³-hybridized carbons (Fsp3) is 0.125. The van der Waals surface area contributed by atoms with Gasteiger partial charge in [-0.2, -0.15) is 9.40 Å². The molecule has 0 atom stereocenters. The molecule has 5 rings (SSSR count). The van der Waals surface area contributed by atoms with E-state index in [1.165, 1.54) is 23.9 Å². The number of rotatable bonds is 4. The van der Waals surface area contributed by atoms with Crippen molar-refractivity contribution in [2.45, 2.75) is 11.8 Å². The van der Waals surface area contributed by atoms with Crippen LogP contribution in [0.15, 0.2) is 59.9 Å². The summed E-state index contributed by atoms with van der Waals surface area (Å²) in [7, 11) is -3.50. The third kappa shape index (κ3) is 3.52. The molecule has 2 aromatic heterocycles. The van der Waals surface area contributed by atoms with Crippen molar-refractivity contribution >= 4 is 54.3 Å². The third-order valence-electron chi connectivity index (χ3n) is 5.65. The molecule has 0 fully saturated rings. The van der Waals surface area contributed by atoms with E-state index >= 15 is 4.39 Å². The van der Waals surface area contributed by atoms with E-state index in [1.807, 2.05) is 0 Å². The number of ether oxygens (including phenoxy) is 1. The molecule has 3 aromatic carbocycles. The number of carbonyl (C=O) groups excluding carboxylic acids is 1. The molecule has 0 unspecified atom stereocenters. The number of nitrogens with zero attached hydrogens (tertiary/aromatic N) is 4. The van der Waals surface area contributed by atoms with Gasteiger partial charge < -0.3 is 4.74 Å². The van der Waals surface area contributed by atoms with E-state index in [2.05, 4.69) is 10.1 Å². The van der Waals surface area contributed by atoms with Crippen LogP contribution < -0.4 is 4.31 Å². The Morgan fingerprint density at radius 2 is 1.83 bits per heavy atom. The van der Waals surface area contributed by atoms with Crippen molar-refractivity contribution in [3.63, 3.8) is 0 Å². The number of hydrogen-bond acceptors (Lipinski definition) is 6. The highest BCUT2D eigenvalue weighted by Gasteiger charge is 2.37. The summed E-state index contributed by atoms with van der Waals surface area (Å²) in [6.45, 7) is 1.16. The van der Waals surface area contributed by atoms with Crippen molar-refractivity contribution in [1.29, 1.82) is 0 Å². The van der Waals surface area contributed by atoms with E-state index in [0.717, 1.165) is 17.5 Å². The molecule has 0 saturated carbocycles. The number of amides is 1. The predicted octanol–water partition coefficient (Wildman–Crippen LogP) is 5.04. The molecule has 36 heavy (non-hydrogen) atoms. The van der Waals surface area contributed by atoms with Crippen molar-refractivity contribution < 1.29 is 31.1 Å². The summed E-state index contributed by atoms with van der Waals surface area (Å²) in [5, 5.41) is 6.51. The van der Waals surface area contributed by atoms with E-state index in [4.69, 9.17) is 4.74 Å². The number of halogens is 3. The third-order valence-corrected chi connectivity index (χ3v) is 7.35. The number of pyridine rings is 1. The Labute approximate surface area is 202 Å². The molecular weight excluding hydrogens is 497 g/mol. The zero-order chi connectivity index (χ0) is 25.8. The minimum Gasteiger partial charge on any atom is -0.449 e. The first-order valence-corrected chi connectivity index (χ1v) is 12.1. The summed E-state index contributed by atoms with van der Waals surface area (Å²) in [4.78, 5) is 15.8. The first-order valence-electron chi connectivity index (χ1n) is 10.6. The van der Waals surface area contributed by atoms with E-state index < -0.39 is 44.2 Å². The van der Waals surface area contributed by atoms with Gasteiger partial charge in [-0.15, -0.1) is 0 Å². The van der Waals surface area contributed by atoms with Gasteiger partial charge in [0.2, 0.25) is 0 Å². The van der Waals surface area contributed by atoms with Gasteiger partial charge in [-0.05, 0) is 48.0 Å². The Kier molecular flexibility index (Phi) is 5.55. The number of benzene rings is 3. The lowest BCUT2D eigenvalue weighted by molar-refractivity contribution is 0.164. The summed E-state index contributed by atoms with van der Waals surface area (Å²) in [6.07, 6.45) is 3.30. The quantitative estimate of drug-likeness (QED) is 0.312. The van der Waals surface area contributed by atoms with Crippen molar-refractivity contribution in [1.82, 2.24) is 14.8 Å². The zero-order valence-electron chi connectivity index (χ0n) is 18.9. The van der Waals surface area contributed by atoms with Crippen LogP contribution in [0.4, 0.5) is 23.7 Å². The summed E-state index contributed by atoms with van der Waals surface area (Å²) in [5.74, 6) is -3.50. The maximum absolute atomic E-state index is 16.3. The van der Waals surface area contributed by atoms with Crippen molar-refractivity contribution in [3.05, 3.63) is 72.4 Å². The maximum atomic E-state index is 16.3. The van der Waals surface area contributed by atoms with Crippen LogP contribution in [0.25, 0.3) is 32.4 Å². The van der Waals surface area contributed by atoms with Gasteiger partial charge in [-0.1, -0.05) is 6.07 Å². The summed E-state index contributed by atoms with van der Waals surface area (Å²) in [5.41, 5.74) is -0.525. The normalized spacial score (nSPS) is 11.9. The second-order valence-corrected chi connectivity index (χ2v) is 9.61. The fourth-order valence-electron chi connectivity index (χ4n) is 4.17. The molecule has 0 bridgehead atoms. The average Bonchev–Trinajstić information content (AvgIpc) is 3.23. The molecule has 5 aromatic rings. The van der Waals surface area contributed by atoms with Crippen LogP contribution in [0.2, 0.25) is 0 Å². The molecule has 0 spiro atoms. The van der Waals surface area contributed by atoms with E-state index in [0.29, 0.717) is 28.3 Å². The van der Waals surface area contributed by atoms with Crippen molar-refractivity contribution in [2.75, 3.05) is 10.9 Å². The molecule has 0 aliphatic rings. The summed E-state index contributed by atoms with van der Waals surface area (Å²) in [6, 6.07) is 5.94. The molecule has 12 heteroatoms. The Morgan fingerprint density at radius 1 is 1.06 bits per heavy atom. The molecule has 0 radical (unpaired) electrons. The highest BCUT2D eigenvalue weighted by molar-refractivity contribution is 7.93. The maximum Gasteiger partial charge on any atom is 0.428 e. The van der Waals surface area contributed by atoms with Gasteiger partial charge >= 0.3 is 6.09 Å². The largest absolute Gasteiger partial charge is 0.449 e. The minimum atomic E-state index is -5.14. The smallest absolute Gasteiger partial charge is 0.428 e. The van der Waals surface area contributed by atoms with Crippen molar-refractivity contribution in [2.24, 2.45) is 7.05 Å². The lowest BCUT2D eigenvalue weighted by Gasteiger charge is -2.23. The van der Waals surface area contributed by atoms with Crippen molar-refractivity contribution in [3.8, 4) is 0 Å². The predicted molar refractivity (Wildman–Crippen MR) is 127 cm³/mol. The molecular formula is C24H17F3N4O4S. The van der Waals surface area contributed by atoms with Gasteiger partial charge in [0, 0.05) is 41.8 Å². The zero-order valence-corrected chi connectivity index (χ0v) is 19.7. The molecule has 2 heterocycles. The number of aryl methyl sites for hydroxylation is 1. The SMILES string of the molecule is CCOC(=O)N(c1ccc2c3cnccc3c3cn(C)nc3c2c1F)S(=O)(=O)c1cc(F)ccc1F. The Balaban J connectivity index is 1.87. The van der Waals surface area contributed by atoms with Gasteiger partial charge in [0.05, 0.1) is 6.61 Å². The number of aromatic nitrogens is 3. The Hall–Kier alpha value is -4.19. The molecule has 1 amide bonds. The van der Waals surface area contributed by atoms with E-state index in [1.54, 1.807) is 25.5 Å². The van der Waals surface area contributed by atoms with Gasteiger partial charge in [0.15, 0.2) is 5.82 Å². The van der Waals surface area contributed by atoms with Crippen LogP contribution in [-0.4, -0.2) is 35.9 Å². The number of anilines is 1. The topological polar surface area (TPSA) is 94.4 Å². The summed E-state index contributed by atoms with van der Waals surface area (Å²) < 4.78 is 77.7. The first-order chi connectivity index (χ1) is 17.1. The molecule has 0 saturated heterocycles. The van der Waals surface area contributed by atoms with Crippen LogP contribution in [0.5, 0.6) is 0 Å². The number of fused-ring (bicyclic) bond motifs is 6. The second kappa shape index (κ2) is 8.48. The van der Waals surface area contributed by atoms with E-state index in [9.17, 15) is 22.0 Å². The average molecular weight is 514 g/mol. The summed E-state index contributed by atoms with van der Waals surface area (Å²) >= 11 is 0. The first kappa shape index (κ1) is 23.5. The van der Waals surface area contributed by atoms with Gasteiger partial charge in [-0.3, -0.25) is 9.67 Å². The molecule has 0 aliphatic carbocycles. The van der Waals surface area contributed by atoms with Crippen LogP contribution in [0, 0.1) is 17.5 Å². The lowest BCUT2D eigenvalue weighted by Crippen LogP contribution is -2.38. The van der Waals surface area contributed by atoms with Crippen LogP contribution >= 0.6 is 0 Å². The number of carbonyl (C=O) groups is 1. The Bertz CT molecular complexity index is 1800. The highest BCUT2D eigenvalue weighted by atomic mass is 32.2. The highest BCUT2D eigenvalue weighted by Crippen LogP contribution is 2.39. The van der Waals surface area contributed by atoms with Gasteiger partial charge in [0.25, 0.3) is 10.0 Å².